The van der Waals surface area contributed by atoms with Crippen LogP contribution in [0.15, 0.2) is 30.3 Å². The number of ether oxygens (including phenoxy) is 3. The van der Waals surface area contributed by atoms with Crippen LogP contribution in [0.25, 0.3) is 0 Å². The Hall–Kier alpha value is -2.49. The van der Waals surface area contributed by atoms with Gasteiger partial charge in [-0.05, 0) is 60.6 Å². The van der Waals surface area contributed by atoms with Crippen LogP contribution in [0.4, 0.5) is 0 Å². The van der Waals surface area contributed by atoms with Gasteiger partial charge in [-0.1, -0.05) is 19.4 Å². The van der Waals surface area contributed by atoms with E-state index in [1.807, 2.05) is 12.1 Å². The van der Waals surface area contributed by atoms with Crippen molar-refractivity contribution < 1.29 is 19.0 Å². The Bertz CT molecular complexity index is 855. The van der Waals surface area contributed by atoms with E-state index in [2.05, 4.69) is 19.1 Å². The Morgan fingerprint density at radius 1 is 1.12 bits per heavy atom. The third kappa shape index (κ3) is 2.64. The van der Waals surface area contributed by atoms with E-state index in [0.717, 1.165) is 35.6 Å². The first-order valence-electron chi connectivity index (χ1n) is 9.23. The first-order valence-corrected chi connectivity index (χ1v) is 9.23. The molecule has 2 aromatic carbocycles. The van der Waals surface area contributed by atoms with Crippen LogP contribution in [0.2, 0.25) is 0 Å². The van der Waals surface area contributed by atoms with Gasteiger partial charge in [-0.2, -0.15) is 0 Å². The van der Waals surface area contributed by atoms with Crippen molar-refractivity contribution >= 4 is 5.97 Å². The van der Waals surface area contributed by atoms with Gasteiger partial charge in [0.2, 0.25) is 0 Å². The molecular formula is C22H24O4. The molecule has 0 spiro atoms. The monoisotopic (exact) mass is 352 g/mol. The van der Waals surface area contributed by atoms with Crippen molar-refractivity contribution in [2.75, 3.05) is 14.2 Å². The number of methoxy groups -OCH3 is 2. The zero-order valence-electron chi connectivity index (χ0n) is 15.5. The largest absolute Gasteiger partial charge is 0.496 e. The second-order valence-electron chi connectivity index (χ2n) is 7.09. The minimum absolute atomic E-state index is 0.310. The van der Waals surface area contributed by atoms with Gasteiger partial charge < -0.3 is 14.2 Å². The topological polar surface area (TPSA) is 44.8 Å². The van der Waals surface area contributed by atoms with Gasteiger partial charge in [0.15, 0.2) is 6.10 Å². The first-order chi connectivity index (χ1) is 12.7. The van der Waals surface area contributed by atoms with Crippen molar-refractivity contribution in [3.8, 4) is 11.5 Å². The molecule has 4 rings (SSSR count). The highest BCUT2D eigenvalue weighted by Crippen LogP contribution is 2.45. The highest BCUT2D eigenvalue weighted by atomic mass is 16.6. The summed E-state index contributed by atoms with van der Waals surface area (Å²) in [6.45, 7) is 2.25. The van der Waals surface area contributed by atoms with Crippen LogP contribution in [0.5, 0.6) is 11.5 Å². The molecule has 0 amide bonds. The van der Waals surface area contributed by atoms with E-state index in [9.17, 15) is 4.79 Å². The molecule has 2 atom stereocenters. The summed E-state index contributed by atoms with van der Waals surface area (Å²) in [7, 11) is 3.29. The number of benzene rings is 2. The highest BCUT2D eigenvalue weighted by Gasteiger charge is 2.37. The summed E-state index contributed by atoms with van der Waals surface area (Å²) >= 11 is 0. The molecule has 26 heavy (non-hydrogen) atoms. The lowest BCUT2D eigenvalue weighted by Crippen LogP contribution is -2.15. The molecule has 0 N–H and O–H groups in total. The van der Waals surface area contributed by atoms with Crippen molar-refractivity contribution in [1.29, 1.82) is 0 Å². The summed E-state index contributed by atoms with van der Waals surface area (Å²) in [5.74, 6) is 1.87. The summed E-state index contributed by atoms with van der Waals surface area (Å²) in [6.07, 6.45) is 4.07. The Labute approximate surface area is 154 Å². The summed E-state index contributed by atoms with van der Waals surface area (Å²) in [5.41, 5.74) is 4.96. The van der Waals surface area contributed by atoms with E-state index in [1.54, 1.807) is 20.3 Å². The predicted molar refractivity (Wildman–Crippen MR) is 99.1 cm³/mol. The van der Waals surface area contributed by atoms with Crippen molar-refractivity contribution in [3.63, 3.8) is 0 Å². The second-order valence-corrected chi connectivity index (χ2v) is 7.09. The molecular weight excluding hydrogens is 328 g/mol. The van der Waals surface area contributed by atoms with E-state index in [1.165, 1.54) is 24.0 Å². The highest BCUT2D eigenvalue weighted by molar-refractivity contribution is 5.95. The molecule has 4 heteroatoms. The van der Waals surface area contributed by atoms with Gasteiger partial charge in [0, 0.05) is 5.56 Å². The van der Waals surface area contributed by atoms with Gasteiger partial charge in [0.05, 0.1) is 25.3 Å². The second kappa shape index (κ2) is 6.67. The van der Waals surface area contributed by atoms with E-state index < -0.39 is 6.10 Å². The van der Waals surface area contributed by atoms with E-state index >= 15 is 0 Å². The standard InChI is InChI=1S/C22H24O4/c1-4-13-8-9-14-11-17(19(25-3)12-15(14)10-13)21-20-16(22(23)26-21)6-5-7-18(20)24-2/h5-7,11-13,21H,4,8-10H2,1-3H3/t13-,21?/m1/s1. The maximum absolute atomic E-state index is 12.4. The Morgan fingerprint density at radius 3 is 2.65 bits per heavy atom. The number of rotatable bonds is 4. The number of hydrogen-bond donors (Lipinski definition) is 0. The van der Waals surface area contributed by atoms with Gasteiger partial charge in [0.1, 0.15) is 11.5 Å². The lowest BCUT2D eigenvalue weighted by Gasteiger charge is -2.26. The third-order valence-corrected chi connectivity index (χ3v) is 5.74. The maximum Gasteiger partial charge on any atom is 0.339 e. The van der Waals surface area contributed by atoms with Crippen LogP contribution in [-0.2, 0) is 17.6 Å². The normalized spacial score (nSPS) is 21.0. The minimum atomic E-state index is -0.488. The number of aryl methyl sites for hydroxylation is 1. The van der Waals surface area contributed by atoms with Crippen LogP contribution < -0.4 is 9.47 Å². The Kier molecular flexibility index (Phi) is 4.35. The molecule has 0 fully saturated rings. The first kappa shape index (κ1) is 17.0. The van der Waals surface area contributed by atoms with Crippen molar-refractivity contribution in [2.45, 2.75) is 38.7 Å². The molecule has 0 saturated carbocycles. The number of carbonyl (C=O) groups excluding carboxylic acids is 1. The SMILES string of the molecule is CC[C@@H]1CCc2cc(C3OC(=O)c4cccc(OC)c43)c(OC)cc2C1. The van der Waals surface area contributed by atoms with Crippen LogP contribution in [-0.4, -0.2) is 20.2 Å². The molecule has 1 unspecified atom stereocenters. The van der Waals surface area contributed by atoms with Crippen molar-refractivity contribution in [3.05, 3.63) is 58.1 Å². The molecule has 0 saturated heterocycles. The number of cyclic esters (lactones) is 1. The van der Waals surface area contributed by atoms with Gasteiger partial charge >= 0.3 is 5.97 Å². The van der Waals surface area contributed by atoms with Crippen molar-refractivity contribution in [2.24, 2.45) is 5.92 Å². The fourth-order valence-corrected chi connectivity index (χ4v) is 4.23. The van der Waals surface area contributed by atoms with Crippen molar-refractivity contribution in [1.82, 2.24) is 0 Å². The van der Waals surface area contributed by atoms with Gasteiger partial charge in [-0.3, -0.25) is 0 Å². The molecule has 2 aromatic rings. The molecule has 0 radical (unpaired) electrons. The quantitative estimate of drug-likeness (QED) is 0.761. The summed E-state index contributed by atoms with van der Waals surface area (Å²) in [4.78, 5) is 12.4. The molecule has 4 nitrogen and oxygen atoms in total. The summed E-state index contributed by atoms with van der Waals surface area (Å²) < 4.78 is 16.9. The summed E-state index contributed by atoms with van der Waals surface area (Å²) in [5, 5.41) is 0. The lowest BCUT2D eigenvalue weighted by atomic mass is 9.81. The fourth-order valence-electron chi connectivity index (χ4n) is 4.23. The minimum Gasteiger partial charge on any atom is -0.496 e. The van der Waals surface area contributed by atoms with E-state index in [0.29, 0.717) is 11.3 Å². The number of hydrogen-bond acceptors (Lipinski definition) is 4. The van der Waals surface area contributed by atoms with E-state index in [4.69, 9.17) is 14.2 Å². The van der Waals surface area contributed by atoms with Gasteiger partial charge in [0.25, 0.3) is 0 Å². The average molecular weight is 352 g/mol. The van der Waals surface area contributed by atoms with E-state index in [-0.39, 0.29) is 5.97 Å². The Morgan fingerprint density at radius 2 is 1.92 bits per heavy atom. The van der Waals surface area contributed by atoms with Gasteiger partial charge in [-0.15, -0.1) is 0 Å². The zero-order chi connectivity index (χ0) is 18.3. The van der Waals surface area contributed by atoms with Gasteiger partial charge in [-0.25, -0.2) is 4.79 Å². The zero-order valence-corrected chi connectivity index (χ0v) is 15.5. The average Bonchev–Trinajstić information content (AvgIpc) is 3.03. The number of fused-ring (bicyclic) bond motifs is 2. The molecule has 136 valence electrons. The van der Waals surface area contributed by atoms with Crippen LogP contribution in [0.3, 0.4) is 0 Å². The third-order valence-electron chi connectivity index (χ3n) is 5.74. The molecule has 1 heterocycles. The van der Waals surface area contributed by atoms with Crippen LogP contribution >= 0.6 is 0 Å². The number of carbonyl (C=O) groups is 1. The molecule has 1 aliphatic heterocycles. The molecule has 2 aliphatic rings. The predicted octanol–water partition coefficient (Wildman–Crippen LogP) is 4.48. The fraction of sp³-hybridized carbons (Fsp3) is 0.409. The lowest BCUT2D eigenvalue weighted by molar-refractivity contribution is 0.0450. The smallest absolute Gasteiger partial charge is 0.339 e. The Balaban J connectivity index is 1.82. The molecule has 0 aromatic heterocycles. The van der Waals surface area contributed by atoms with Crippen LogP contribution in [0.1, 0.15) is 58.5 Å². The molecule has 1 aliphatic carbocycles. The van der Waals surface area contributed by atoms with Crippen LogP contribution in [0, 0.1) is 5.92 Å². The molecule has 0 bridgehead atoms. The number of esters is 1. The maximum atomic E-state index is 12.4. The summed E-state index contributed by atoms with van der Waals surface area (Å²) in [6, 6.07) is 9.77.